The number of hydrogen-bond acceptors (Lipinski definition) is 2. The maximum Gasteiger partial charge on any atom is 0.123 e. The van der Waals surface area contributed by atoms with Crippen LogP contribution in [0.15, 0.2) is 24.3 Å². The van der Waals surface area contributed by atoms with Crippen LogP contribution in [-0.2, 0) is 0 Å². The van der Waals surface area contributed by atoms with Crippen LogP contribution in [0.2, 0.25) is 0 Å². The summed E-state index contributed by atoms with van der Waals surface area (Å²) in [6.45, 7) is 2.07. The summed E-state index contributed by atoms with van der Waals surface area (Å²) in [5, 5.41) is 0. The standard InChI is InChI=1S/C10H15FN2/c1-2-4-10(13-12)8-5-3-6-9(11)7-8/h3,5-7,10,13H,2,4,12H2,1H3. The summed E-state index contributed by atoms with van der Waals surface area (Å²) in [6, 6.07) is 6.58. The minimum absolute atomic E-state index is 0.0562. The second-order valence-electron chi connectivity index (χ2n) is 3.06. The van der Waals surface area contributed by atoms with Crippen LogP contribution in [0.4, 0.5) is 4.39 Å². The Morgan fingerprint density at radius 3 is 2.85 bits per heavy atom. The summed E-state index contributed by atoms with van der Waals surface area (Å²) in [4.78, 5) is 0. The Balaban J connectivity index is 2.78. The highest BCUT2D eigenvalue weighted by Crippen LogP contribution is 2.17. The zero-order valence-corrected chi connectivity index (χ0v) is 7.76. The van der Waals surface area contributed by atoms with Crippen molar-refractivity contribution in [1.29, 1.82) is 0 Å². The molecule has 3 N–H and O–H groups in total. The molecule has 0 fully saturated rings. The van der Waals surface area contributed by atoms with Gasteiger partial charge in [0, 0.05) is 6.04 Å². The van der Waals surface area contributed by atoms with E-state index in [0.717, 1.165) is 18.4 Å². The molecule has 0 radical (unpaired) electrons. The Hall–Kier alpha value is -0.930. The molecule has 0 bridgehead atoms. The molecule has 0 saturated heterocycles. The number of rotatable bonds is 4. The predicted octanol–water partition coefficient (Wildman–Crippen LogP) is 2.13. The minimum atomic E-state index is -0.214. The van der Waals surface area contributed by atoms with Crippen molar-refractivity contribution in [2.45, 2.75) is 25.8 Å². The smallest absolute Gasteiger partial charge is 0.123 e. The molecule has 72 valence electrons. The molecule has 1 unspecified atom stereocenters. The molecule has 0 aliphatic rings. The van der Waals surface area contributed by atoms with E-state index in [1.165, 1.54) is 12.1 Å². The molecule has 0 saturated carbocycles. The Bertz CT molecular complexity index is 263. The molecule has 3 heteroatoms. The largest absolute Gasteiger partial charge is 0.271 e. The van der Waals surface area contributed by atoms with Gasteiger partial charge in [-0.25, -0.2) is 4.39 Å². The van der Waals surface area contributed by atoms with Crippen LogP contribution in [0.1, 0.15) is 31.4 Å². The zero-order valence-electron chi connectivity index (χ0n) is 7.76. The number of halogens is 1. The average Bonchev–Trinajstić information content (AvgIpc) is 2.14. The molecule has 0 aromatic heterocycles. The van der Waals surface area contributed by atoms with E-state index in [9.17, 15) is 4.39 Å². The Morgan fingerprint density at radius 2 is 2.31 bits per heavy atom. The fraction of sp³-hybridized carbons (Fsp3) is 0.400. The highest BCUT2D eigenvalue weighted by molar-refractivity contribution is 5.19. The maximum absolute atomic E-state index is 12.8. The summed E-state index contributed by atoms with van der Waals surface area (Å²) in [5.41, 5.74) is 3.59. The summed E-state index contributed by atoms with van der Waals surface area (Å²) in [7, 11) is 0. The van der Waals surface area contributed by atoms with Crippen molar-refractivity contribution in [3.8, 4) is 0 Å². The van der Waals surface area contributed by atoms with Gasteiger partial charge in [0.15, 0.2) is 0 Å². The molecule has 1 aromatic carbocycles. The first kappa shape index (κ1) is 10.2. The average molecular weight is 182 g/mol. The first-order chi connectivity index (χ1) is 6.27. The lowest BCUT2D eigenvalue weighted by Gasteiger charge is -2.14. The summed E-state index contributed by atoms with van der Waals surface area (Å²) in [6.07, 6.45) is 1.94. The van der Waals surface area contributed by atoms with Gasteiger partial charge in [0.1, 0.15) is 5.82 Å². The Morgan fingerprint density at radius 1 is 1.54 bits per heavy atom. The van der Waals surface area contributed by atoms with E-state index in [0.29, 0.717) is 0 Å². The van der Waals surface area contributed by atoms with E-state index in [4.69, 9.17) is 5.84 Å². The quantitative estimate of drug-likeness (QED) is 0.553. The van der Waals surface area contributed by atoms with Crippen LogP contribution in [0.3, 0.4) is 0 Å². The third-order valence-electron chi connectivity index (χ3n) is 2.03. The lowest BCUT2D eigenvalue weighted by Crippen LogP contribution is -2.27. The van der Waals surface area contributed by atoms with E-state index >= 15 is 0 Å². The number of hydrazine groups is 1. The Labute approximate surface area is 77.9 Å². The second kappa shape index (κ2) is 4.94. The van der Waals surface area contributed by atoms with E-state index < -0.39 is 0 Å². The number of benzene rings is 1. The highest BCUT2D eigenvalue weighted by Gasteiger charge is 2.08. The first-order valence-corrected chi connectivity index (χ1v) is 4.49. The molecule has 1 atom stereocenters. The number of hydrogen-bond donors (Lipinski definition) is 2. The van der Waals surface area contributed by atoms with Crippen molar-refractivity contribution in [2.75, 3.05) is 0 Å². The van der Waals surface area contributed by atoms with Crippen LogP contribution in [0.5, 0.6) is 0 Å². The zero-order chi connectivity index (χ0) is 9.68. The van der Waals surface area contributed by atoms with Gasteiger partial charge in [0.05, 0.1) is 0 Å². The first-order valence-electron chi connectivity index (χ1n) is 4.49. The topological polar surface area (TPSA) is 38.0 Å². The SMILES string of the molecule is CCCC(NN)c1cccc(F)c1. The molecule has 1 rings (SSSR count). The fourth-order valence-electron chi connectivity index (χ4n) is 1.36. The van der Waals surface area contributed by atoms with E-state index in [1.807, 2.05) is 6.07 Å². The van der Waals surface area contributed by atoms with Crippen molar-refractivity contribution in [3.63, 3.8) is 0 Å². The second-order valence-corrected chi connectivity index (χ2v) is 3.06. The third-order valence-corrected chi connectivity index (χ3v) is 2.03. The lowest BCUT2D eigenvalue weighted by molar-refractivity contribution is 0.506. The maximum atomic E-state index is 12.8. The van der Waals surface area contributed by atoms with Gasteiger partial charge < -0.3 is 0 Å². The Kier molecular flexibility index (Phi) is 3.86. The van der Waals surface area contributed by atoms with Gasteiger partial charge in [0.25, 0.3) is 0 Å². The van der Waals surface area contributed by atoms with Crippen molar-refractivity contribution in [3.05, 3.63) is 35.6 Å². The van der Waals surface area contributed by atoms with Crippen LogP contribution in [0, 0.1) is 5.82 Å². The number of nitrogens with two attached hydrogens (primary N) is 1. The van der Waals surface area contributed by atoms with Crippen molar-refractivity contribution in [1.82, 2.24) is 5.43 Å². The van der Waals surface area contributed by atoms with E-state index in [-0.39, 0.29) is 11.9 Å². The van der Waals surface area contributed by atoms with Gasteiger partial charge in [-0.05, 0) is 24.1 Å². The molecule has 0 aliphatic heterocycles. The van der Waals surface area contributed by atoms with Crippen molar-refractivity contribution in [2.24, 2.45) is 5.84 Å². The minimum Gasteiger partial charge on any atom is -0.271 e. The van der Waals surface area contributed by atoms with Gasteiger partial charge in [-0.1, -0.05) is 25.5 Å². The van der Waals surface area contributed by atoms with Crippen molar-refractivity contribution >= 4 is 0 Å². The molecule has 0 heterocycles. The van der Waals surface area contributed by atoms with Crippen LogP contribution >= 0.6 is 0 Å². The van der Waals surface area contributed by atoms with Gasteiger partial charge >= 0.3 is 0 Å². The molecule has 13 heavy (non-hydrogen) atoms. The summed E-state index contributed by atoms with van der Waals surface area (Å²) in [5.74, 6) is 5.15. The van der Waals surface area contributed by atoms with Crippen LogP contribution in [-0.4, -0.2) is 0 Å². The van der Waals surface area contributed by atoms with Crippen LogP contribution in [0.25, 0.3) is 0 Å². The molecule has 0 spiro atoms. The molecular weight excluding hydrogens is 167 g/mol. The monoisotopic (exact) mass is 182 g/mol. The number of nitrogens with one attached hydrogen (secondary N) is 1. The highest BCUT2D eigenvalue weighted by atomic mass is 19.1. The normalized spacial score (nSPS) is 12.8. The molecule has 2 nitrogen and oxygen atoms in total. The lowest BCUT2D eigenvalue weighted by atomic mass is 10.0. The van der Waals surface area contributed by atoms with Crippen molar-refractivity contribution < 1.29 is 4.39 Å². The van der Waals surface area contributed by atoms with Gasteiger partial charge in [-0.15, -0.1) is 0 Å². The van der Waals surface area contributed by atoms with Gasteiger partial charge in [-0.3, -0.25) is 11.3 Å². The fourth-order valence-corrected chi connectivity index (χ4v) is 1.36. The molecule has 0 amide bonds. The van der Waals surface area contributed by atoms with Gasteiger partial charge in [0.2, 0.25) is 0 Å². The predicted molar refractivity (Wildman–Crippen MR) is 51.4 cm³/mol. The summed E-state index contributed by atoms with van der Waals surface area (Å²) >= 11 is 0. The van der Waals surface area contributed by atoms with E-state index in [1.54, 1.807) is 6.07 Å². The molecule has 1 aromatic rings. The van der Waals surface area contributed by atoms with Gasteiger partial charge in [-0.2, -0.15) is 0 Å². The molecule has 0 aliphatic carbocycles. The third kappa shape index (κ3) is 2.79. The summed E-state index contributed by atoms with van der Waals surface area (Å²) < 4.78 is 12.8. The van der Waals surface area contributed by atoms with Crippen LogP contribution < -0.4 is 11.3 Å². The molecular formula is C10H15FN2. The van der Waals surface area contributed by atoms with E-state index in [2.05, 4.69) is 12.3 Å².